The van der Waals surface area contributed by atoms with Crippen LogP contribution < -0.4 is 14.8 Å². The van der Waals surface area contributed by atoms with Crippen molar-refractivity contribution >= 4 is 21.8 Å². The van der Waals surface area contributed by atoms with Gasteiger partial charge in [-0.2, -0.15) is 0 Å². The Morgan fingerprint density at radius 2 is 1.92 bits per heavy atom. The first-order chi connectivity index (χ1) is 12.0. The van der Waals surface area contributed by atoms with Gasteiger partial charge in [-0.3, -0.25) is 4.79 Å². The van der Waals surface area contributed by atoms with Crippen LogP contribution in [0.4, 0.5) is 0 Å². The maximum Gasteiger partial charge on any atom is 0.251 e. The lowest BCUT2D eigenvalue weighted by Gasteiger charge is -2.16. The van der Waals surface area contributed by atoms with E-state index in [1.54, 1.807) is 26.4 Å². The lowest BCUT2D eigenvalue weighted by molar-refractivity contribution is 0.0905. The van der Waals surface area contributed by atoms with Gasteiger partial charge in [0.2, 0.25) is 0 Å². The molecule has 2 aromatic carbocycles. The third-order valence-electron chi connectivity index (χ3n) is 3.51. The predicted molar refractivity (Wildman–Crippen MR) is 100 cm³/mol. The van der Waals surface area contributed by atoms with Gasteiger partial charge in [0.05, 0.1) is 18.2 Å². The van der Waals surface area contributed by atoms with E-state index in [1.807, 2.05) is 37.3 Å². The fourth-order valence-corrected chi connectivity index (χ4v) is 2.88. The first-order valence-electron chi connectivity index (χ1n) is 7.89. The molecule has 0 fully saturated rings. The highest BCUT2D eigenvalue weighted by Crippen LogP contribution is 2.37. The minimum atomic E-state index is -0.196. The molecule has 6 heteroatoms. The van der Waals surface area contributed by atoms with Crippen molar-refractivity contribution in [3.05, 3.63) is 58.1 Å². The predicted octanol–water partition coefficient (Wildman–Crippen LogP) is 3.80. The van der Waals surface area contributed by atoms with Gasteiger partial charge in [0.15, 0.2) is 11.5 Å². The molecule has 0 aliphatic carbocycles. The van der Waals surface area contributed by atoms with E-state index < -0.39 is 0 Å². The average molecular weight is 408 g/mol. The van der Waals surface area contributed by atoms with Gasteiger partial charge >= 0.3 is 0 Å². The number of halogens is 1. The summed E-state index contributed by atoms with van der Waals surface area (Å²) in [5.41, 5.74) is 1.53. The molecule has 25 heavy (non-hydrogen) atoms. The topological polar surface area (TPSA) is 56.8 Å². The van der Waals surface area contributed by atoms with Crippen LogP contribution in [0.2, 0.25) is 0 Å². The van der Waals surface area contributed by atoms with Crippen LogP contribution in [-0.4, -0.2) is 32.8 Å². The van der Waals surface area contributed by atoms with Crippen molar-refractivity contribution in [1.29, 1.82) is 0 Å². The van der Waals surface area contributed by atoms with E-state index in [9.17, 15) is 4.79 Å². The molecule has 5 nitrogen and oxygen atoms in total. The molecule has 0 saturated carbocycles. The second kappa shape index (κ2) is 9.44. The van der Waals surface area contributed by atoms with Gasteiger partial charge in [0.25, 0.3) is 5.91 Å². The molecule has 0 bridgehead atoms. The van der Waals surface area contributed by atoms with E-state index in [1.165, 1.54) is 0 Å². The molecule has 134 valence electrons. The van der Waals surface area contributed by atoms with Crippen LogP contribution in [0.3, 0.4) is 0 Å². The Labute approximate surface area is 156 Å². The Bertz CT molecular complexity index is 706. The number of rotatable bonds is 8. The highest BCUT2D eigenvalue weighted by atomic mass is 79.9. The highest BCUT2D eigenvalue weighted by Gasteiger charge is 2.17. The molecule has 0 saturated heterocycles. The van der Waals surface area contributed by atoms with Crippen molar-refractivity contribution in [2.24, 2.45) is 0 Å². The van der Waals surface area contributed by atoms with Crippen LogP contribution >= 0.6 is 15.9 Å². The molecule has 1 amide bonds. The zero-order valence-corrected chi connectivity index (χ0v) is 16.1. The summed E-state index contributed by atoms with van der Waals surface area (Å²) in [4.78, 5) is 12.4. The van der Waals surface area contributed by atoms with Crippen LogP contribution in [-0.2, 0) is 11.3 Å². The summed E-state index contributed by atoms with van der Waals surface area (Å²) in [5.74, 6) is 0.862. The smallest absolute Gasteiger partial charge is 0.251 e. The monoisotopic (exact) mass is 407 g/mol. The molecule has 1 N–H and O–H groups in total. The molecule has 0 aromatic heterocycles. The van der Waals surface area contributed by atoms with Crippen molar-refractivity contribution in [2.75, 3.05) is 20.8 Å². The van der Waals surface area contributed by atoms with E-state index in [4.69, 9.17) is 14.2 Å². The Hall–Kier alpha value is -2.05. The maximum atomic E-state index is 12.4. The lowest BCUT2D eigenvalue weighted by atomic mass is 10.1. The molecule has 0 aliphatic heterocycles. The maximum absolute atomic E-state index is 12.4. The summed E-state index contributed by atoms with van der Waals surface area (Å²) in [6.07, 6.45) is 0. The first-order valence-corrected chi connectivity index (χ1v) is 8.68. The van der Waals surface area contributed by atoms with Gasteiger partial charge in [0, 0.05) is 18.7 Å². The van der Waals surface area contributed by atoms with Crippen molar-refractivity contribution in [1.82, 2.24) is 5.32 Å². The van der Waals surface area contributed by atoms with E-state index in [-0.39, 0.29) is 11.9 Å². The molecular formula is C19H22BrNO4. The normalized spacial score (nSPS) is 11.7. The fraction of sp³-hybridized carbons (Fsp3) is 0.316. The SMILES string of the molecule is COC[C@H](C)NC(=O)c1cc(Br)c(OCc2ccccc2)c(OC)c1. The number of carbonyl (C=O) groups excluding carboxylic acids is 1. The second-order valence-electron chi connectivity index (χ2n) is 5.59. The number of carbonyl (C=O) groups is 1. The number of amides is 1. The quantitative estimate of drug-likeness (QED) is 0.722. The van der Waals surface area contributed by atoms with Gasteiger partial charge in [-0.15, -0.1) is 0 Å². The number of ether oxygens (including phenoxy) is 3. The zero-order chi connectivity index (χ0) is 18.2. The molecule has 0 unspecified atom stereocenters. The molecule has 0 heterocycles. The Morgan fingerprint density at radius 3 is 2.56 bits per heavy atom. The largest absolute Gasteiger partial charge is 0.493 e. The Balaban J connectivity index is 2.15. The van der Waals surface area contributed by atoms with Crippen molar-refractivity contribution < 1.29 is 19.0 Å². The molecule has 2 aromatic rings. The molecule has 1 atom stereocenters. The molecule has 0 aliphatic rings. The average Bonchev–Trinajstić information content (AvgIpc) is 2.61. The first kappa shape index (κ1) is 19.3. The highest BCUT2D eigenvalue weighted by molar-refractivity contribution is 9.10. The van der Waals surface area contributed by atoms with E-state index in [0.717, 1.165) is 5.56 Å². The number of hydrogen-bond donors (Lipinski definition) is 1. The number of hydrogen-bond acceptors (Lipinski definition) is 4. The second-order valence-corrected chi connectivity index (χ2v) is 6.45. The molecular weight excluding hydrogens is 386 g/mol. The molecule has 0 spiro atoms. The summed E-state index contributed by atoms with van der Waals surface area (Å²) in [6, 6.07) is 13.1. The van der Waals surface area contributed by atoms with Crippen LogP contribution in [0.25, 0.3) is 0 Å². The van der Waals surface area contributed by atoms with Gasteiger partial charge in [-0.05, 0) is 40.5 Å². The Kier molecular flexibility index (Phi) is 7.28. The molecule has 2 rings (SSSR count). The third kappa shape index (κ3) is 5.47. The van der Waals surface area contributed by atoms with Crippen LogP contribution in [0.1, 0.15) is 22.8 Å². The van der Waals surface area contributed by atoms with Gasteiger partial charge in [-0.25, -0.2) is 0 Å². The summed E-state index contributed by atoms with van der Waals surface area (Å²) < 4.78 is 17.0. The fourth-order valence-electron chi connectivity index (χ4n) is 2.32. The minimum Gasteiger partial charge on any atom is -0.493 e. The summed E-state index contributed by atoms with van der Waals surface area (Å²) in [7, 11) is 3.15. The summed E-state index contributed by atoms with van der Waals surface area (Å²) >= 11 is 3.47. The summed E-state index contributed by atoms with van der Waals surface area (Å²) in [6.45, 7) is 2.74. The van der Waals surface area contributed by atoms with Crippen LogP contribution in [0.5, 0.6) is 11.5 Å². The standard InChI is InChI=1S/C19H22BrNO4/c1-13(11-23-2)21-19(22)15-9-16(20)18(17(10-15)24-3)25-12-14-7-5-4-6-8-14/h4-10,13H,11-12H2,1-3H3,(H,21,22)/t13-/m0/s1. The third-order valence-corrected chi connectivity index (χ3v) is 4.10. The van der Waals surface area contributed by atoms with Gasteiger partial charge in [0.1, 0.15) is 6.61 Å². The van der Waals surface area contributed by atoms with E-state index in [2.05, 4.69) is 21.2 Å². The molecule has 0 radical (unpaired) electrons. The Morgan fingerprint density at radius 1 is 1.20 bits per heavy atom. The minimum absolute atomic E-state index is 0.0868. The van der Waals surface area contributed by atoms with Crippen molar-refractivity contribution in [2.45, 2.75) is 19.6 Å². The number of benzene rings is 2. The van der Waals surface area contributed by atoms with Gasteiger partial charge < -0.3 is 19.5 Å². The lowest BCUT2D eigenvalue weighted by Crippen LogP contribution is -2.35. The van der Waals surface area contributed by atoms with E-state index in [0.29, 0.717) is 34.7 Å². The number of nitrogens with one attached hydrogen (secondary N) is 1. The van der Waals surface area contributed by atoms with Crippen molar-refractivity contribution in [3.8, 4) is 11.5 Å². The summed E-state index contributed by atoms with van der Waals surface area (Å²) in [5, 5.41) is 2.87. The van der Waals surface area contributed by atoms with Crippen LogP contribution in [0, 0.1) is 0 Å². The van der Waals surface area contributed by atoms with E-state index >= 15 is 0 Å². The zero-order valence-electron chi connectivity index (χ0n) is 14.5. The van der Waals surface area contributed by atoms with Crippen LogP contribution in [0.15, 0.2) is 46.9 Å². The van der Waals surface area contributed by atoms with Crippen molar-refractivity contribution in [3.63, 3.8) is 0 Å². The number of methoxy groups -OCH3 is 2. The van der Waals surface area contributed by atoms with Gasteiger partial charge in [-0.1, -0.05) is 30.3 Å².